The molecule has 3 N–H and O–H groups in total. The van der Waals surface area contributed by atoms with Gasteiger partial charge in [-0.15, -0.1) is 0 Å². The Hall–Kier alpha value is -1.81. The molecule has 0 saturated heterocycles. The Morgan fingerprint density at radius 1 is 1.24 bits per heavy atom. The summed E-state index contributed by atoms with van der Waals surface area (Å²) in [5.74, 6) is -0.116. The first kappa shape index (κ1) is 15.6. The average molecular weight is 347 g/mol. The zero-order chi connectivity index (χ0) is 15.4. The first-order valence-electron chi connectivity index (χ1n) is 6.88. The fourth-order valence-corrected chi connectivity index (χ4v) is 2.69. The predicted octanol–water partition coefficient (Wildman–Crippen LogP) is 3.70. The molecule has 1 amide bonds. The average Bonchev–Trinajstić information content (AvgIpc) is 2.44. The van der Waals surface area contributed by atoms with Crippen LogP contribution in [0.5, 0.6) is 0 Å². The van der Waals surface area contributed by atoms with Crippen molar-refractivity contribution in [3.63, 3.8) is 0 Å². The molecule has 1 atom stereocenters. The molecular formula is C17H19BrN2O. The Kier molecular flexibility index (Phi) is 5.02. The summed E-state index contributed by atoms with van der Waals surface area (Å²) in [4.78, 5) is 12.3. The van der Waals surface area contributed by atoms with Crippen molar-refractivity contribution in [1.29, 1.82) is 0 Å². The molecule has 2 aromatic rings. The van der Waals surface area contributed by atoms with Crippen LogP contribution in [-0.4, -0.2) is 11.9 Å². The number of nitrogen functional groups attached to an aromatic ring is 1. The fraction of sp³-hybridized carbons (Fsp3) is 0.235. The maximum atomic E-state index is 12.3. The van der Waals surface area contributed by atoms with E-state index < -0.39 is 0 Å². The topological polar surface area (TPSA) is 55.1 Å². The van der Waals surface area contributed by atoms with E-state index in [1.807, 2.05) is 19.1 Å². The van der Waals surface area contributed by atoms with Gasteiger partial charge in [0.05, 0.1) is 10.0 Å². The van der Waals surface area contributed by atoms with Crippen molar-refractivity contribution in [2.75, 3.05) is 5.73 Å². The van der Waals surface area contributed by atoms with Crippen LogP contribution in [0.15, 0.2) is 46.9 Å². The minimum Gasteiger partial charge on any atom is -0.398 e. The summed E-state index contributed by atoms with van der Waals surface area (Å²) in [6.45, 7) is 4.09. The molecule has 0 aliphatic carbocycles. The summed E-state index contributed by atoms with van der Waals surface area (Å²) in [7, 11) is 0. The highest BCUT2D eigenvalue weighted by atomic mass is 79.9. The molecule has 0 aliphatic heterocycles. The van der Waals surface area contributed by atoms with Gasteiger partial charge in [0.25, 0.3) is 5.91 Å². The van der Waals surface area contributed by atoms with Gasteiger partial charge in [-0.25, -0.2) is 0 Å². The summed E-state index contributed by atoms with van der Waals surface area (Å²) in [5, 5.41) is 3.02. The van der Waals surface area contributed by atoms with Crippen molar-refractivity contribution in [2.45, 2.75) is 26.3 Å². The molecule has 21 heavy (non-hydrogen) atoms. The van der Waals surface area contributed by atoms with Crippen LogP contribution in [0.3, 0.4) is 0 Å². The first-order valence-corrected chi connectivity index (χ1v) is 7.67. The fourth-order valence-electron chi connectivity index (χ4n) is 2.25. The summed E-state index contributed by atoms with van der Waals surface area (Å²) in [5.41, 5.74) is 9.42. The Morgan fingerprint density at radius 3 is 2.67 bits per heavy atom. The molecule has 0 spiro atoms. The Balaban J connectivity index is 2.06. The number of hydrogen-bond acceptors (Lipinski definition) is 2. The Labute approximate surface area is 133 Å². The number of nitrogens with one attached hydrogen (secondary N) is 1. The lowest BCUT2D eigenvalue weighted by Gasteiger charge is -2.16. The number of anilines is 1. The highest BCUT2D eigenvalue weighted by Crippen LogP contribution is 2.23. The summed E-state index contributed by atoms with van der Waals surface area (Å²) < 4.78 is 0.644. The van der Waals surface area contributed by atoms with Gasteiger partial charge in [0.1, 0.15) is 0 Å². The van der Waals surface area contributed by atoms with Crippen molar-refractivity contribution in [3.05, 3.63) is 63.6 Å². The van der Waals surface area contributed by atoms with E-state index in [4.69, 9.17) is 5.73 Å². The normalized spacial score (nSPS) is 12.0. The molecule has 0 heterocycles. The van der Waals surface area contributed by atoms with E-state index in [1.54, 1.807) is 18.2 Å². The van der Waals surface area contributed by atoms with Gasteiger partial charge < -0.3 is 11.1 Å². The first-order chi connectivity index (χ1) is 9.99. The molecule has 2 rings (SSSR count). The molecule has 110 valence electrons. The van der Waals surface area contributed by atoms with Crippen molar-refractivity contribution in [3.8, 4) is 0 Å². The molecule has 2 aromatic carbocycles. The molecule has 0 radical (unpaired) electrons. The van der Waals surface area contributed by atoms with Gasteiger partial charge in [0, 0.05) is 11.7 Å². The molecule has 0 aliphatic rings. The van der Waals surface area contributed by atoms with Gasteiger partial charge >= 0.3 is 0 Å². The predicted molar refractivity (Wildman–Crippen MR) is 90.4 cm³/mol. The van der Waals surface area contributed by atoms with E-state index in [0.717, 1.165) is 6.42 Å². The summed E-state index contributed by atoms with van der Waals surface area (Å²) >= 11 is 3.36. The number of nitrogens with two attached hydrogens (primary N) is 1. The van der Waals surface area contributed by atoms with Gasteiger partial charge in [-0.3, -0.25) is 4.79 Å². The van der Waals surface area contributed by atoms with Crippen molar-refractivity contribution in [2.24, 2.45) is 0 Å². The Morgan fingerprint density at radius 2 is 1.95 bits per heavy atom. The number of carbonyl (C=O) groups is 1. The number of halogens is 1. The number of benzene rings is 2. The van der Waals surface area contributed by atoms with E-state index in [9.17, 15) is 4.79 Å². The minimum atomic E-state index is -0.116. The maximum absolute atomic E-state index is 12.3. The molecule has 0 fully saturated rings. The number of amides is 1. The lowest BCUT2D eigenvalue weighted by molar-refractivity contribution is 0.0939. The number of carbonyl (C=O) groups excluding carboxylic acids is 1. The van der Waals surface area contributed by atoms with Crippen LogP contribution in [0.1, 0.15) is 28.4 Å². The smallest absolute Gasteiger partial charge is 0.252 e. The largest absolute Gasteiger partial charge is 0.398 e. The third-order valence-electron chi connectivity index (χ3n) is 3.44. The minimum absolute atomic E-state index is 0.0481. The zero-order valence-electron chi connectivity index (χ0n) is 12.2. The third kappa shape index (κ3) is 3.85. The molecule has 4 heteroatoms. The van der Waals surface area contributed by atoms with Crippen molar-refractivity contribution < 1.29 is 4.79 Å². The lowest BCUT2D eigenvalue weighted by atomic mass is 10.0. The van der Waals surface area contributed by atoms with Gasteiger partial charge in [0.2, 0.25) is 0 Å². The van der Waals surface area contributed by atoms with E-state index in [0.29, 0.717) is 15.7 Å². The second kappa shape index (κ2) is 6.76. The molecule has 1 unspecified atom stereocenters. The molecule has 0 saturated carbocycles. The number of rotatable bonds is 4. The Bertz CT molecular complexity index is 655. The SMILES string of the molecule is Cc1ccccc1CC(C)NC(=O)c1cccc(N)c1Br. The molecule has 3 nitrogen and oxygen atoms in total. The molecular weight excluding hydrogens is 328 g/mol. The van der Waals surface area contributed by atoms with Crippen LogP contribution < -0.4 is 11.1 Å². The number of hydrogen-bond donors (Lipinski definition) is 2. The third-order valence-corrected chi connectivity index (χ3v) is 4.32. The molecule has 0 bridgehead atoms. The van der Waals surface area contributed by atoms with Crippen LogP contribution in [0.2, 0.25) is 0 Å². The van der Waals surface area contributed by atoms with Gasteiger partial charge in [0.15, 0.2) is 0 Å². The van der Waals surface area contributed by atoms with E-state index in [1.165, 1.54) is 11.1 Å². The molecule has 0 aromatic heterocycles. The standard InChI is InChI=1S/C17H19BrN2O/c1-11-6-3-4-7-13(11)10-12(2)20-17(21)14-8-5-9-15(19)16(14)18/h3-9,12H,10,19H2,1-2H3,(H,20,21). The van der Waals surface area contributed by atoms with Crippen LogP contribution in [0.25, 0.3) is 0 Å². The highest BCUT2D eigenvalue weighted by molar-refractivity contribution is 9.10. The van der Waals surface area contributed by atoms with Crippen molar-refractivity contribution >= 4 is 27.5 Å². The second-order valence-electron chi connectivity index (χ2n) is 5.21. The lowest BCUT2D eigenvalue weighted by Crippen LogP contribution is -2.34. The van der Waals surface area contributed by atoms with Gasteiger partial charge in [-0.1, -0.05) is 30.3 Å². The summed E-state index contributed by atoms with van der Waals surface area (Å²) in [6.07, 6.45) is 0.804. The van der Waals surface area contributed by atoms with Crippen LogP contribution in [0.4, 0.5) is 5.69 Å². The van der Waals surface area contributed by atoms with Crippen LogP contribution in [0, 0.1) is 6.92 Å². The van der Waals surface area contributed by atoms with E-state index in [2.05, 4.69) is 40.3 Å². The van der Waals surface area contributed by atoms with E-state index in [-0.39, 0.29) is 11.9 Å². The number of aryl methyl sites for hydroxylation is 1. The summed E-state index contributed by atoms with van der Waals surface area (Å²) in [6, 6.07) is 13.6. The van der Waals surface area contributed by atoms with Crippen LogP contribution in [-0.2, 0) is 6.42 Å². The maximum Gasteiger partial charge on any atom is 0.252 e. The van der Waals surface area contributed by atoms with Gasteiger partial charge in [-0.05, 0) is 59.5 Å². The zero-order valence-corrected chi connectivity index (χ0v) is 13.8. The monoisotopic (exact) mass is 346 g/mol. The van der Waals surface area contributed by atoms with Crippen molar-refractivity contribution in [1.82, 2.24) is 5.32 Å². The van der Waals surface area contributed by atoms with Crippen LogP contribution >= 0.6 is 15.9 Å². The van der Waals surface area contributed by atoms with E-state index >= 15 is 0 Å². The van der Waals surface area contributed by atoms with Gasteiger partial charge in [-0.2, -0.15) is 0 Å². The second-order valence-corrected chi connectivity index (χ2v) is 6.01. The quantitative estimate of drug-likeness (QED) is 0.829. The highest BCUT2D eigenvalue weighted by Gasteiger charge is 2.14.